The van der Waals surface area contributed by atoms with Crippen LogP contribution in [0.15, 0.2) is 28.9 Å². The van der Waals surface area contributed by atoms with Crippen LogP contribution >= 0.6 is 0 Å². The normalized spacial score (nSPS) is 18.0. The summed E-state index contributed by atoms with van der Waals surface area (Å²) in [4.78, 5) is 14.6. The van der Waals surface area contributed by atoms with Gasteiger partial charge in [-0.2, -0.15) is 5.26 Å². The predicted octanol–water partition coefficient (Wildman–Crippen LogP) is 2.50. The van der Waals surface area contributed by atoms with Crippen LogP contribution in [0, 0.1) is 18.3 Å². The Balaban J connectivity index is 1.96. The smallest absolute Gasteiger partial charge is 0.259 e. The number of aryl methyl sites for hydroxylation is 1. The zero-order valence-electron chi connectivity index (χ0n) is 13.3. The SMILES string of the molecule is CC[C@H]1CN(C(=O)c2c(C)oc(-n3cccc3)c2C#N)CCO1. The molecule has 0 radical (unpaired) electrons. The molecule has 0 bridgehead atoms. The zero-order chi connectivity index (χ0) is 16.4. The molecule has 0 unspecified atom stereocenters. The lowest BCUT2D eigenvalue weighted by molar-refractivity contribution is -0.0226. The molecule has 1 aliphatic heterocycles. The molecular formula is C17H19N3O3. The number of carbonyl (C=O) groups is 1. The number of amides is 1. The number of carbonyl (C=O) groups excluding carboxylic acids is 1. The molecular weight excluding hydrogens is 294 g/mol. The number of nitriles is 1. The lowest BCUT2D eigenvalue weighted by atomic mass is 10.1. The van der Waals surface area contributed by atoms with E-state index in [-0.39, 0.29) is 17.6 Å². The maximum atomic E-state index is 12.9. The largest absolute Gasteiger partial charge is 0.443 e. The fourth-order valence-corrected chi connectivity index (χ4v) is 2.85. The minimum absolute atomic E-state index is 0.0503. The van der Waals surface area contributed by atoms with Gasteiger partial charge < -0.3 is 14.1 Å². The van der Waals surface area contributed by atoms with Crippen molar-refractivity contribution in [2.75, 3.05) is 19.7 Å². The van der Waals surface area contributed by atoms with E-state index in [2.05, 4.69) is 6.07 Å². The Kier molecular flexibility index (Phi) is 4.22. The first-order valence-corrected chi connectivity index (χ1v) is 7.73. The molecule has 3 rings (SSSR count). The molecule has 6 heteroatoms. The Bertz CT molecular complexity index is 740. The maximum absolute atomic E-state index is 12.9. The van der Waals surface area contributed by atoms with Crippen LogP contribution in [0.25, 0.3) is 5.88 Å². The highest BCUT2D eigenvalue weighted by atomic mass is 16.5. The number of nitrogens with zero attached hydrogens (tertiary/aromatic N) is 3. The average Bonchev–Trinajstić information content (AvgIpc) is 3.21. The molecule has 2 aromatic rings. The van der Waals surface area contributed by atoms with Gasteiger partial charge in [-0.15, -0.1) is 0 Å². The van der Waals surface area contributed by atoms with Crippen molar-refractivity contribution in [2.45, 2.75) is 26.4 Å². The van der Waals surface area contributed by atoms with Crippen LogP contribution < -0.4 is 0 Å². The summed E-state index contributed by atoms with van der Waals surface area (Å²) < 4.78 is 13.0. The molecule has 1 amide bonds. The van der Waals surface area contributed by atoms with E-state index in [0.717, 1.165) is 6.42 Å². The van der Waals surface area contributed by atoms with E-state index in [9.17, 15) is 10.1 Å². The molecule has 0 aromatic carbocycles. The van der Waals surface area contributed by atoms with Gasteiger partial charge >= 0.3 is 0 Å². The molecule has 23 heavy (non-hydrogen) atoms. The molecule has 6 nitrogen and oxygen atoms in total. The summed E-state index contributed by atoms with van der Waals surface area (Å²) in [5, 5.41) is 9.54. The van der Waals surface area contributed by atoms with E-state index in [4.69, 9.17) is 9.15 Å². The quantitative estimate of drug-likeness (QED) is 0.873. The number of hydrogen-bond donors (Lipinski definition) is 0. The number of furan rings is 1. The topological polar surface area (TPSA) is 71.4 Å². The van der Waals surface area contributed by atoms with Gasteiger partial charge in [0.15, 0.2) is 0 Å². The Morgan fingerprint density at radius 2 is 2.17 bits per heavy atom. The number of rotatable bonds is 3. The second-order valence-corrected chi connectivity index (χ2v) is 5.57. The maximum Gasteiger partial charge on any atom is 0.259 e. The van der Waals surface area contributed by atoms with E-state index < -0.39 is 0 Å². The summed E-state index contributed by atoms with van der Waals surface area (Å²) in [5.74, 6) is 0.691. The molecule has 120 valence electrons. The molecule has 1 saturated heterocycles. The van der Waals surface area contributed by atoms with Gasteiger partial charge in [-0.1, -0.05) is 6.92 Å². The molecule has 1 fully saturated rings. The van der Waals surface area contributed by atoms with Crippen LogP contribution in [0.4, 0.5) is 0 Å². The Hall–Kier alpha value is -2.52. The van der Waals surface area contributed by atoms with Crippen molar-refractivity contribution in [1.82, 2.24) is 9.47 Å². The van der Waals surface area contributed by atoms with Crippen molar-refractivity contribution in [3.8, 4) is 12.0 Å². The molecule has 0 aliphatic carbocycles. The predicted molar refractivity (Wildman–Crippen MR) is 83.4 cm³/mol. The highest BCUT2D eigenvalue weighted by Gasteiger charge is 2.30. The third kappa shape index (κ3) is 2.76. The van der Waals surface area contributed by atoms with Gasteiger partial charge in [0, 0.05) is 25.5 Å². The van der Waals surface area contributed by atoms with Crippen LogP contribution in [-0.4, -0.2) is 41.2 Å². The Morgan fingerprint density at radius 3 is 2.83 bits per heavy atom. The number of ether oxygens (including phenoxy) is 1. The number of morpholine rings is 1. The standard InChI is InChI=1S/C17H19N3O3/c1-3-13-11-20(8-9-22-13)16(21)15-12(2)23-17(14(15)10-18)19-6-4-5-7-19/h4-7,13H,3,8-9,11H2,1-2H3/t13-/m0/s1. The summed E-state index contributed by atoms with van der Waals surface area (Å²) in [6.45, 7) is 5.35. The lowest BCUT2D eigenvalue weighted by Gasteiger charge is -2.32. The van der Waals surface area contributed by atoms with Gasteiger partial charge in [0.1, 0.15) is 23.0 Å². The van der Waals surface area contributed by atoms with Gasteiger partial charge in [-0.3, -0.25) is 9.36 Å². The van der Waals surface area contributed by atoms with Crippen LogP contribution in [0.2, 0.25) is 0 Å². The molecule has 0 saturated carbocycles. The minimum atomic E-state index is -0.164. The summed E-state index contributed by atoms with van der Waals surface area (Å²) in [5.41, 5.74) is 0.635. The van der Waals surface area contributed by atoms with Crippen molar-refractivity contribution in [3.63, 3.8) is 0 Å². The summed E-state index contributed by atoms with van der Waals surface area (Å²) in [6.07, 6.45) is 4.48. The average molecular weight is 313 g/mol. The van der Waals surface area contributed by atoms with Crippen LogP contribution in [0.5, 0.6) is 0 Å². The minimum Gasteiger partial charge on any atom is -0.443 e. The zero-order valence-corrected chi connectivity index (χ0v) is 13.3. The number of hydrogen-bond acceptors (Lipinski definition) is 4. The summed E-state index contributed by atoms with van der Waals surface area (Å²) >= 11 is 0. The van der Waals surface area contributed by atoms with E-state index in [1.165, 1.54) is 0 Å². The van der Waals surface area contributed by atoms with E-state index in [1.54, 1.807) is 28.8 Å². The summed E-state index contributed by atoms with van der Waals surface area (Å²) in [6, 6.07) is 5.81. The van der Waals surface area contributed by atoms with Gasteiger partial charge in [0.2, 0.25) is 5.88 Å². The molecule has 0 N–H and O–H groups in total. The Morgan fingerprint density at radius 1 is 1.43 bits per heavy atom. The first-order chi connectivity index (χ1) is 11.2. The van der Waals surface area contributed by atoms with Crippen LogP contribution in [-0.2, 0) is 4.74 Å². The number of aromatic nitrogens is 1. The summed E-state index contributed by atoms with van der Waals surface area (Å²) in [7, 11) is 0. The molecule has 2 aromatic heterocycles. The first kappa shape index (κ1) is 15.4. The van der Waals surface area contributed by atoms with Crippen molar-refractivity contribution in [2.24, 2.45) is 0 Å². The first-order valence-electron chi connectivity index (χ1n) is 7.73. The Labute approximate surface area is 134 Å². The monoisotopic (exact) mass is 313 g/mol. The molecule has 3 heterocycles. The lowest BCUT2D eigenvalue weighted by Crippen LogP contribution is -2.45. The third-order valence-electron chi connectivity index (χ3n) is 4.11. The fraction of sp³-hybridized carbons (Fsp3) is 0.412. The van der Waals surface area contributed by atoms with E-state index in [0.29, 0.717) is 36.9 Å². The highest BCUT2D eigenvalue weighted by molar-refractivity contribution is 5.98. The van der Waals surface area contributed by atoms with Crippen LogP contribution in [0.3, 0.4) is 0 Å². The van der Waals surface area contributed by atoms with Crippen molar-refractivity contribution < 1.29 is 13.9 Å². The second-order valence-electron chi connectivity index (χ2n) is 5.57. The molecule has 1 aliphatic rings. The highest BCUT2D eigenvalue weighted by Crippen LogP contribution is 2.27. The van der Waals surface area contributed by atoms with Gasteiger partial charge in [0.05, 0.1) is 12.7 Å². The van der Waals surface area contributed by atoms with Crippen LogP contribution in [0.1, 0.15) is 35.0 Å². The van der Waals surface area contributed by atoms with Gasteiger partial charge in [-0.25, -0.2) is 0 Å². The van der Waals surface area contributed by atoms with Gasteiger partial charge in [0.25, 0.3) is 5.91 Å². The molecule has 1 atom stereocenters. The van der Waals surface area contributed by atoms with E-state index >= 15 is 0 Å². The fourth-order valence-electron chi connectivity index (χ4n) is 2.85. The third-order valence-corrected chi connectivity index (χ3v) is 4.11. The second kappa shape index (κ2) is 6.31. The van der Waals surface area contributed by atoms with Crippen molar-refractivity contribution >= 4 is 5.91 Å². The molecule has 0 spiro atoms. The van der Waals surface area contributed by atoms with Gasteiger partial charge in [-0.05, 0) is 25.5 Å². The van der Waals surface area contributed by atoms with Crippen molar-refractivity contribution in [1.29, 1.82) is 5.26 Å². The van der Waals surface area contributed by atoms with Crippen molar-refractivity contribution in [3.05, 3.63) is 41.4 Å². The van der Waals surface area contributed by atoms with E-state index in [1.807, 2.05) is 19.1 Å².